The van der Waals surface area contributed by atoms with Crippen LogP contribution in [0.25, 0.3) is 23.2 Å². The van der Waals surface area contributed by atoms with Gasteiger partial charge in [-0.2, -0.15) is 23.4 Å². The number of aryl methyl sites for hydroxylation is 1. The summed E-state index contributed by atoms with van der Waals surface area (Å²) in [6, 6.07) is -1.85. The third-order valence-corrected chi connectivity index (χ3v) is 4.70. The SMILES string of the molecule is CC1CCc2[nH]nc(-c3nc(-c4ncn[nH]4)nn3C(C)C(F)(F)F)c2C1. The minimum atomic E-state index is -4.47. The maximum atomic E-state index is 13.4. The molecule has 0 amide bonds. The van der Waals surface area contributed by atoms with Crippen molar-refractivity contribution in [3.63, 3.8) is 0 Å². The van der Waals surface area contributed by atoms with Gasteiger partial charge in [0.25, 0.3) is 0 Å². The second-order valence-electron chi connectivity index (χ2n) is 6.63. The van der Waals surface area contributed by atoms with Crippen LogP contribution in [0, 0.1) is 5.92 Å². The molecule has 0 aromatic carbocycles. The van der Waals surface area contributed by atoms with Gasteiger partial charge < -0.3 is 0 Å². The first-order valence-corrected chi connectivity index (χ1v) is 8.30. The number of alkyl halides is 3. The Balaban J connectivity index is 1.86. The maximum absolute atomic E-state index is 13.4. The molecule has 2 atom stereocenters. The summed E-state index contributed by atoms with van der Waals surface area (Å²) in [5.74, 6) is 0.767. The summed E-state index contributed by atoms with van der Waals surface area (Å²) in [6.45, 7) is 3.16. The van der Waals surface area contributed by atoms with Crippen LogP contribution in [0.15, 0.2) is 6.33 Å². The van der Waals surface area contributed by atoms with Crippen LogP contribution in [0.3, 0.4) is 0 Å². The monoisotopic (exact) mass is 366 g/mol. The van der Waals surface area contributed by atoms with E-state index < -0.39 is 12.2 Å². The minimum Gasteiger partial charge on any atom is -0.282 e. The van der Waals surface area contributed by atoms with Crippen LogP contribution >= 0.6 is 0 Å². The van der Waals surface area contributed by atoms with Crippen molar-refractivity contribution in [2.24, 2.45) is 5.92 Å². The Hall–Kier alpha value is -2.72. The summed E-state index contributed by atoms with van der Waals surface area (Å²) in [5, 5.41) is 17.5. The van der Waals surface area contributed by atoms with Crippen molar-refractivity contribution in [2.75, 3.05) is 0 Å². The van der Waals surface area contributed by atoms with Crippen molar-refractivity contribution in [1.82, 2.24) is 40.1 Å². The predicted molar refractivity (Wildman–Crippen MR) is 84.9 cm³/mol. The third-order valence-electron chi connectivity index (χ3n) is 4.70. The zero-order valence-corrected chi connectivity index (χ0v) is 14.2. The van der Waals surface area contributed by atoms with E-state index in [-0.39, 0.29) is 17.5 Å². The van der Waals surface area contributed by atoms with Crippen LogP contribution in [0.1, 0.15) is 37.6 Å². The van der Waals surface area contributed by atoms with E-state index in [1.165, 1.54) is 6.33 Å². The van der Waals surface area contributed by atoms with Crippen LogP contribution < -0.4 is 0 Å². The van der Waals surface area contributed by atoms with Crippen molar-refractivity contribution in [2.45, 2.75) is 45.3 Å². The van der Waals surface area contributed by atoms with Crippen molar-refractivity contribution >= 4 is 0 Å². The lowest BCUT2D eigenvalue weighted by Gasteiger charge is -2.19. The number of halogens is 3. The maximum Gasteiger partial charge on any atom is 0.410 e. The number of aromatic amines is 2. The first kappa shape index (κ1) is 16.7. The van der Waals surface area contributed by atoms with Crippen LogP contribution in [0.2, 0.25) is 0 Å². The molecule has 3 aromatic heterocycles. The topological polar surface area (TPSA) is 101 Å². The van der Waals surface area contributed by atoms with Crippen LogP contribution in [-0.4, -0.2) is 46.3 Å². The number of hydrogen-bond donors (Lipinski definition) is 2. The highest BCUT2D eigenvalue weighted by Gasteiger charge is 2.41. The van der Waals surface area contributed by atoms with E-state index in [0.29, 0.717) is 11.6 Å². The van der Waals surface area contributed by atoms with Gasteiger partial charge in [0.15, 0.2) is 11.6 Å². The molecule has 1 aliphatic rings. The lowest BCUT2D eigenvalue weighted by Crippen LogP contribution is -2.25. The van der Waals surface area contributed by atoms with Crippen molar-refractivity contribution in [3.05, 3.63) is 17.6 Å². The van der Waals surface area contributed by atoms with E-state index in [0.717, 1.165) is 42.1 Å². The Kier molecular flexibility index (Phi) is 3.81. The fourth-order valence-corrected chi connectivity index (χ4v) is 3.16. The molecule has 4 rings (SSSR count). The fraction of sp³-hybridized carbons (Fsp3) is 0.533. The molecular weight excluding hydrogens is 349 g/mol. The molecule has 0 fully saturated rings. The standard InChI is InChI=1S/C15H17F3N8/c1-7-3-4-10-9(5-7)11(23-22-10)14-21-13(12-19-6-20-24-12)25-26(14)8(2)15(16,17)18/h6-8H,3-5H2,1-2H3,(H,22,23)(H,19,20,24). The van der Waals surface area contributed by atoms with E-state index in [4.69, 9.17) is 0 Å². The minimum absolute atomic E-state index is 0.0502. The van der Waals surface area contributed by atoms with Gasteiger partial charge >= 0.3 is 6.18 Å². The normalized spacial score (nSPS) is 18.7. The molecule has 3 heterocycles. The zero-order valence-electron chi connectivity index (χ0n) is 14.2. The molecular formula is C15H17F3N8. The lowest BCUT2D eigenvalue weighted by atomic mass is 9.87. The van der Waals surface area contributed by atoms with Gasteiger partial charge in [-0.3, -0.25) is 10.2 Å². The Morgan fingerprint density at radius 2 is 2.12 bits per heavy atom. The number of aromatic nitrogens is 8. The Labute approximate surface area is 146 Å². The number of H-pyrrole nitrogens is 2. The van der Waals surface area contributed by atoms with Gasteiger partial charge in [-0.15, -0.1) is 5.10 Å². The quantitative estimate of drug-likeness (QED) is 0.742. The Morgan fingerprint density at radius 3 is 2.81 bits per heavy atom. The molecule has 11 heteroatoms. The average Bonchev–Trinajstić information content (AvgIpc) is 3.31. The molecule has 0 spiro atoms. The van der Waals surface area contributed by atoms with Gasteiger partial charge in [-0.25, -0.2) is 14.6 Å². The third kappa shape index (κ3) is 2.76. The molecule has 2 N–H and O–H groups in total. The van der Waals surface area contributed by atoms with E-state index in [2.05, 4.69) is 42.4 Å². The van der Waals surface area contributed by atoms with Gasteiger partial charge in [0.1, 0.15) is 18.1 Å². The van der Waals surface area contributed by atoms with Crippen LogP contribution in [0.5, 0.6) is 0 Å². The zero-order chi connectivity index (χ0) is 18.5. The first-order chi connectivity index (χ1) is 12.3. The molecule has 2 unspecified atom stereocenters. The number of hydrogen-bond acceptors (Lipinski definition) is 5. The summed E-state index contributed by atoms with van der Waals surface area (Å²) < 4.78 is 40.9. The fourth-order valence-electron chi connectivity index (χ4n) is 3.16. The molecule has 0 radical (unpaired) electrons. The first-order valence-electron chi connectivity index (χ1n) is 8.30. The number of nitrogens with zero attached hydrogens (tertiary/aromatic N) is 6. The van der Waals surface area contributed by atoms with Gasteiger partial charge in [-0.05, 0) is 32.1 Å². The molecule has 26 heavy (non-hydrogen) atoms. The molecule has 0 bridgehead atoms. The van der Waals surface area contributed by atoms with Gasteiger partial charge in [-0.1, -0.05) is 6.92 Å². The summed E-state index contributed by atoms with van der Waals surface area (Å²) >= 11 is 0. The highest BCUT2D eigenvalue weighted by atomic mass is 19.4. The smallest absolute Gasteiger partial charge is 0.282 e. The van der Waals surface area contributed by atoms with Crippen LogP contribution in [-0.2, 0) is 12.8 Å². The van der Waals surface area contributed by atoms with Crippen molar-refractivity contribution < 1.29 is 13.2 Å². The summed E-state index contributed by atoms with van der Waals surface area (Å²) in [7, 11) is 0. The van der Waals surface area contributed by atoms with E-state index in [1.807, 2.05) is 0 Å². The van der Waals surface area contributed by atoms with Crippen LogP contribution in [0.4, 0.5) is 13.2 Å². The molecule has 138 valence electrons. The highest BCUT2D eigenvalue weighted by molar-refractivity contribution is 5.60. The highest BCUT2D eigenvalue weighted by Crippen LogP contribution is 2.36. The number of rotatable bonds is 3. The van der Waals surface area contributed by atoms with E-state index in [9.17, 15) is 13.2 Å². The largest absolute Gasteiger partial charge is 0.410 e. The average molecular weight is 366 g/mol. The van der Waals surface area contributed by atoms with Gasteiger partial charge in [0.2, 0.25) is 5.82 Å². The second-order valence-corrected chi connectivity index (χ2v) is 6.63. The van der Waals surface area contributed by atoms with Crippen molar-refractivity contribution in [1.29, 1.82) is 0 Å². The Morgan fingerprint density at radius 1 is 1.31 bits per heavy atom. The lowest BCUT2D eigenvalue weighted by molar-refractivity contribution is -0.165. The summed E-state index contributed by atoms with van der Waals surface area (Å²) in [5.41, 5.74) is 2.28. The molecule has 3 aromatic rings. The van der Waals surface area contributed by atoms with E-state index in [1.54, 1.807) is 0 Å². The molecule has 0 saturated heterocycles. The summed E-state index contributed by atoms with van der Waals surface area (Å²) in [4.78, 5) is 8.23. The van der Waals surface area contributed by atoms with E-state index >= 15 is 0 Å². The van der Waals surface area contributed by atoms with Gasteiger partial charge in [0, 0.05) is 11.3 Å². The molecule has 0 aliphatic heterocycles. The predicted octanol–water partition coefficient (Wildman–Crippen LogP) is 2.70. The number of nitrogens with one attached hydrogen (secondary N) is 2. The van der Waals surface area contributed by atoms with Gasteiger partial charge in [0.05, 0.1) is 0 Å². The molecule has 1 aliphatic carbocycles. The summed E-state index contributed by atoms with van der Waals surface area (Å²) in [6.07, 6.45) is -0.636. The molecule has 0 saturated carbocycles. The molecule has 8 nitrogen and oxygen atoms in total. The second kappa shape index (κ2) is 5.92. The number of fused-ring (bicyclic) bond motifs is 1. The van der Waals surface area contributed by atoms with Crippen molar-refractivity contribution in [3.8, 4) is 23.2 Å². The Bertz CT molecular complexity index is 908.